The van der Waals surface area contributed by atoms with Gasteiger partial charge in [0.2, 0.25) is 23.8 Å². The zero-order chi connectivity index (χ0) is 14.7. The van der Waals surface area contributed by atoms with E-state index in [1.54, 1.807) is 0 Å². The molecule has 12 heteroatoms. The zero-order valence-electron chi connectivity index (χ0n) is 10.2. The number of nitrogens with two attached hydrogens (primary N) is 3. The van der Waals surface area contributed by atoms with E-state index in [0.717, 1.165) is 0 Å². The molecular formula is C8H12N10O2. The van der Waals surface area contributed by atoms with E-state index in [4.69, 9.17) is 17.2 Å². The lowest BCUT2D eigenvalue weighted by Crippen LogP contribution is -2.32. The second-order valence-corrected chi connectivity index (χ2v) is 3.62. The lowest BCUT2D eigenvalue weighted by atomic mass is 10.5. The van der Waals surface area contributed by atoms with Gasteiger partial charge in [0.25, 0.3) is 0 Å². The number of hydrogen-bond donors (Lipinski definition) is 5. The molecule has 12 nitrogen and oxygen atoms in total. The molecule has 0 aromatic carbocycles. The van der Waals surface area contributed by atoms with Crippen LogP contribution in [0.3, 0.4) is 0 Å². The van der Waals surface area contributed by atoms with Crippen molar-refractivity contribution in [1.82, 2.24) is 29.9 Å². The van der Waals surface area contributed by atoms with Gasteiger partial charge >= 0.3 is 11.4 Å². The summed E-state index contributed by atoms with van der Waals surface area (Å²) in [6.07, 6.45) is 0. The lowest BCUT2D eigenvalue weighted by Gasteiger charge is -2.18. The lowest BCUT2D eigenvalue weighted by molar-refractivity contribution is 0.819. The van der Waals surface area contributed by atoms with Crippen molar-refractivity contribution < 1.29 is 0 Å². The molecule has 0 aliphatic rings. The third-order valence-electron chi connectivity index (χ3n) is 2.15. The van der Waals surface area contributed by atoms with Crippen molar-refractivity contribution >= 4 is 23.8 Å². The minimum absolute atomic E-state index is 0.0818. The maximum atomic E-state index is 11.3. The molecule has 0 spiro atoms. The maximum Gasteiger partial charge on any atom is 0.351 e. The topological polar surface area (TPSA) is 199 Å². The predicted octanol–water partition coefficient (Wildman–Crippen LogP) is -3.10. The Labute approximate surface area is 111 Å². The Bertz CT molecular complexity index is 662. The third kappa shape index (κ3) is 2.86. The summed E-state index contributed by atoms with van der Waals surface area (Å²) in [5, 5.41) is 0. The molecule has 2 aromatic rings. The summed E-state index contributed by atoms with van der Waals surface area (Å²) < 4.78 is 0. The van der Waals surface area contributed by atoms with E-state index in [0.29, 0.717) is 0 Å². The van der Waals surface area contributed by atoms with E-state index in [9.17, 15) is 9.59 Å². The summed E-state index contributed by atoms with van der Waals surface area (Å²) in [4.78, 5) is 43.2. The maximum absolute atomic E-state index is 11.3. The molecule has 2 aromatic heterocycles. The van der Waals surface area contributed by atoms with Crippen molar-refractivity contribution in [1.29, 1.82) is 0 Å². The van der Waals surface area contributed by atoms with Gasteiger partial charge in [-0.15, -0.1) is 0 Å². The smallest absolute Gasteiger partial charge is 0.351 e. The quantitative estimate of drug-likeness (QED) is 0.382. The second-order valence-electron chi connectivity index (χ2n) is 3.62. The summed E-state index contributed by atoms with van der Waals surface area (Å²) in [6.45, 7) is 0.331. The molecule has 0 bridgehead atoms. The number of nitrogens with one attached hydrogen (secondary N) is 2. The SMILES string of the molecule is NCCN(c1nc(N)[nH]c(=O)n1)c1nc(N)[nH]c(=O)n1. The van der Waals surface area contributed by atoms with Crippen molar-refractivity contribution in [3.8, 4) is 0 Å². The van der Waals surface area contributed by atoms with Crippen LogP contribution in [0.15, 0.2) is 9.59 Å². The average Bonchev–Trinajstić information content (AvgIpc) is 2.33. The van der Waals surface area contributed by atoms with Gasteiger partial charge in [-0.1, -0.05) is 0 Å². The van der Waals surface area contributed by atoms with E-state index in [1.165, 1.54) is 4.90 Å². The highest BCUT2D eigenvalue weighted by Crippen LogP contribution is 2.15. The van der Waals surface area contributed by atoms with Crippen LogP contribution < -0.4 is 33.5 Å². The average molecular weight is 280 g/mol. The van der Waals surface area contributed by atoms with Crippen molar-refractivity contribution in [3.05, 3.63) is 21.0 Å². The van der Waals surface area contributed by atoms with E-state index in [-0.39, 0.29) is 36.9 Å². The van der Waals surface area contributed by atoms with Crippen LogP contribution in [0.1, 0.15) is 0 Å². The number of rotatable bonds is 4. The predicted molar refractivity (Wildman–Crippen MR) is 70.2 cm³/mol. The van der Waals surface area contributed by atoms with Gasteiger partial charge in [0.1, 0.15) is 0 Å². The van der Waals surface area contributed by atoms with Crippen molar-refractivity contribution in [2.75, 3.05) is 29.5 Å². The van der Waals surface area contributed by atoms with Crippen LogP contribution in [0.5, 0.6) is 0 Å². The molecule has 0 saturated heterocycles. The monoisotopic (exact) mass is 280 g/mol. The number of aromatic amines is 2. The molecule has 0 radical (unpaired) electrons. The van der Waals surface area contributed by atoms with E-state index in [2.05, 4.69) is 29.9 Å². The van der Waals surface area contributed by atoms with Gasteiger partial charge in [-0.2, -0.15) is 19.9 Å². The first-order valence-electron chi connectivity index (χ1n) is 5.45. The molecule has 0 fully saturated rings. The summed E-state index contributed by atoms with van der Waals surface area (Å²) in [7, 11) is 0. The Balaban J connectivity index is 2.55. The minimum Gasteiger partial charge on any atom is -0.369 e. The molecule has 2 heterocycles. The Morgan fingerprint density at radius 2 is 1.35 bits per heavy atom. The summed E-state index contributed by atoms with van der Waals surface area (Å²) in [6, 6.07) is 0. The van der Waals surface area contributed by atoms with E-state index >= 15 is 0 Å². The van der Waals surface area contributed by atoms with Gasteiger partial charge in [0.05, 0.1) is 0 Å². The van der Waals surface area contributed by atoms with Crippen LogP contribution in [-0.2, 0) is 0 Å². The molecule has 0 unspecified atom stereocenters. The fourth-order valence-electron chi connectivity index (χ4n) is 1.44. The highest BCUT2D eigenvalue weighted by molar-refractivity contribution is 5.49. The number of aromatic nitrogens is 6. The van der Waals surface area contributed by atoms with Gasteiger partial charge in [0.15, 0.2) is 0 Å². The summed E-state index contributed by atoms with van der Waals surface area (Å²) in [5.74, 6) is -0.442. The van der Waals surface area contributed by atoms with Crippen LogP contribution in [0.2, 0.25) is 0 Å². The first-order valence-corrected chi connectivity index (χ1v) is 5.45. The highest BCUT2D eigenvalue weighted by atomic mass is 16.1. The molecule has 0 aliphatic carbocycles. The highest BCUT2D eigenvalue weighted by Gasteiger charge is 2.17. The fraction of sp³-hybridized carbons (Fsp3) is 0.250. The summed E-state index contributed by atoms with van der Waals surface area (Å²) in [5.41, 5.74) is 14.9. The first-order chi connectivity index (χ1) is 9.49. The Morgan fingerprint density at radius 1 is 0.900 bits per heavy atom. The van der Waals surface area contributed by atoms with Gasteiger partial charge in [0, 0.05) is 13.1 Å². The van der Waals surface area contributed by atoms with Gasteiger partial charge in [-0.25, -0.2) is 9.59 Å². The molecule has 106 valence electrons. The van der Waals surface area contributed by atoms with Gasteiger partial charge < -0.3 is 17.2 Å². The Hall–Kier alpha value is -3.02. The fourth-order valence-corrected chi connectivity index (χ4v) is 1.44. The molecule has 2 rings (SSSR count). The van der Waals surface area contributed by atoms with Crippen LogP contribution in [-0.4, -0.2) is 43.0 Å². The molecule has 0 saturated carbocycles. The normalized spacial score (nSPS) is 10.4. The number of nitrogens with zero attached hydrogens (tertiary/aromatic N) is 5. The van der Waals surface area contributed by atoms with Crippen LogP contribution in [0, 0.1) is 0 Å². The Morgan fingerprint density at radius 3 is 1.70 bits per heavy atom. The number of hydrogen-bond acceptors (Lipinski definition) is 10. The minimum atomic E-state index is -0.702. The standard InChI is InChI=1S/C8H12N10O2/c9-1-2-18(5-12-3(10)14-7(19)16-5)6-13-4(11)15-8(20)17-6/h1-2,9H2,(H3,10,12,14,16,19)(H3,11,13,15,17,20). The van der Waals surface area contributed by atoms with Crippen molar-refractivity contribution in [2.45, 2.75) is 0 Å². The van der Waals surface area contributed by atoms with E-state index in [1.807, 2.05) is 0 Å². The Kier molecular flexibility index (Phi) is 3.56. The molecular weight excluding hydrogens is 268 g/mol. The van der Waals surface area contributed by atoms with E-state index < -0.39 is 11.4 Å². The van der Waals surface area contributed by atoms with Crippen LogP contribution in [0.25, 0.3) is 0 Å². The number of nitrogen functional groups attached to an aromatic ring is 2. The molecule has 0 amide bonds. The molecule has 20 heavy (non-hydrogen) atoms. The summed E-state index contributed by atoms with van der Waals surface area (Å²) >= 11 is 0. The van der Waals surface area contributed by atoms with Crippen LogP contribution >= 0.6 is 0 Å². The van der Waals surface area contributed by atoms with Crippen molar-refractivity contribution in [3.63, 3.8) is 0 Å². The molecule has 8 N–H and O–H groups in total. The second kappa shape index (κ2) is 5.31. The first kappa shape index (κ1) is 13.4. The van der Waals surface area contributed by atoms with Gasteiger partial charge in [-0.3, -0.25) is 14.9 Å². The third-order valence-corrected chi connectivity index (χ3v) is 2.15. The largest absolute Gasteiger partial charge is 0.369 e. The number of H-pyrrole nitrogens is 2. The van der Waals surface area contributed by atoms with Crippen molar-refractivity contribution in [2.24, 2.45) is 5.73 Å². The molecule has 0 atom stereocenters. The van der Waals surface area contributed by atoms with Crippen LogP contribution in [0.4, 0.5) is 23.8 Å². The van der Waals surface area contributed by atoms with Gasteiger partial charge in [-0.05, 0) is 0 Å². The molecule has 0 aliphatic heterocycles. The number of anilines is 4. The zero-order valence-corrected chi connectivity index (χ0v) is 10.2.